The van der Waals surface area contributed by atoms with Crippen LogP contribution >= 0.6 is 0 Å². The van der Waals surface area contributed by atoms with E-state index in [1.807, 2.05) is 0 Å². The van der Waals surface area contributed by atoms with E-state index in [0.717, 1.165) is 5.39 Å². The van der Waals surface area contributed by atoms with Crippen molar-refractivity contribution in [3.8, 4) is 0 Å². The van der Waals surface area contributed by atoms with Crippen molar-refractivity contribution >= 4 is 32.5 Å². The van der Waals surface area contributed by atoms with Crippen molar-refractivity contribution in [1.82, 2.24) is 4.98 Å². The van der Waals surface area contributed by atoms with E-state index in [0.29, 0.717) is 17.7 Å². The summed E-state index contributed by atoms with van der Waals surface area (Å²) in [6.45, 7) is 0.582. The lowest BCUT2D eigenvalue weighted by molar-refractivity contribution is -0.213. The van der Waals surface area contributed by atoms with Crippen molar-refractivity contribution < 1.29 is 18.3 Å². The van der Waals surface area contributed by atoms with Crippen LogP contribution in [0.4, 0.5) is 5.69 Å². The topological polar surface area (TPSA) is 104 Å². The predicted molar refractivity (Wildman–Crippen MR) is 102 cm³/mol. The second kappa shape index (κ2) is 8.15. The number of aromatic nitrogens is 1. The number of anilines is 1. The summed E-state index contributed by atoms with van der Waals surface area (Å²) in [4.78, 5) is 8.12. The molecule has 3 rings (SSSR count). The van der Waals surface area contributed by atoms with Gasteiger partial charge in [0.15, 0.2) is 0 Å². The molecule has 0 bridgehead atoms. The minimum Gasteiger partial charge on any atom is -0.858 e. The lowest BCUT2D eigenvalue weighted by atomic mass is 10.2. The van der Waals surface area contributed by atoms with Crippen molar-refractivity contribution in [2.45, 2.75) is 4.90 Å². The van der Waals surface area contributed by atoms with Gasteiger partial charge in [-0.25, -0.2) is 8.42 Å². The molecule has 0 saturated carbocycles. The molecule has 7 nitrogen and oxygen atoms in total. The molecule has 1 heterocycles. The fourth-order valence-corrected chi connectivity index (χ4v) is 3.78. The van der Waals surface area contributed by atoms with Crippen LogP contribution in [0.25, 0.3) is 10.9 Å². The number of benzene rings is 2. The van der Waals surface area contributed by atoms with Crippen molar-refractivity contribution in [2.75, 3.05) is 25.0 Å². The Morgan fingerprint density at radius 1 is 1.19 bits per heavy atom. The number of ether oxygens (including phenoxy) is 1. The maximum Gasteiger partial charge on any atom is 0.264 e. The predicted octanol–water partition coefficient (Wildman–Crippen LogP) is 1.79. The molecule has 0 radical (unpaired) electrons. The second-order valence-corrected chi connectivity index (χ2v) is 7.35. The average molecular weight is 384 g/mol. The molecule has 0 saturated heterocycles. The van der Waals surface area contributed by atoms with Crippen molar-refractivity contribution in [3.63, 3.8) is 0 Å². The monoisotopic (exact) mass is 384 g/mol. The minimum absolute atomic E-state index is 0.0714. The molecule has 1 aromatic heterocycles. The number of fused-ring (bicyclic) bond motifs is 1. The molecule has 0 amide bonds. The number of nitrogens with one attached hydrogen (secondary N) is 1. The van der Waals surface area contributed by atoms with Gasteiger partial charge in [-0.1, -0.05) is 30.3 Å². The molecule has 0 atom stereocenters. The van der Waals surface area contributed by atoms with Crippen molar-refractivity contribution in [1.29, 1.82) is 0 Å². The maximum absolute atomic E-state index is 12.8. The first-order valence-corrected chi connectivity index (χ1v) is 9.67. The Labute approximate surface area is 157 Å². The maximum atomic E-state index is 12.8. The molecule has 8 heteroatoms. The smallest absolute Gasteiger partial charge is 0.264 e. The number of hydrogen-bond donors (Lipinski definition) is 1. The Balaban J connectivity index is 1.90. The summed E-state index contributed by atoms with van der Waals surface area (Å²) in [5.74, 6) is -0.431. The number of para-hydroxylation sites is 1. The van der Waals surface area contributed by atoms with E-state index in [-0.39, 0.29) is 17.1 Å². The van der Waals surface area contributed by atoms with E-state index >= 15 is 0 Å². The van der Waals surface area contributed by atoms with Crippen molar-refractivity contribution in [3.05, 3.63) is 66.4 Å². The van der Waals surface area contributed by atoms with E-state index in [1.165, 1.54) is 19.2 Å². The van der Waals surface area contributed by atoms with Gasteiger partial charge in [-0.15, -0.1) is 0 Å². The second-order valence-electron chi connectivity index (χ2n) is 5.70. The largest absolute Gasteiger partial charge is 0.858 e. The molecule has 2 aromatic carbocycles. The summed E-state index contributed by atoms with van der Waals surface area (Å²) in [7, 11) is -2.35. The van der Waals surface area contributed by atoms with Gasteiger partial charge in [0.25, 0.3) is 10.0 Å². The van der Waals surface area contributed by atoms with Crippen molar-refractivity contribution in [2.24, 2.45) is 4.99 Å². The number of methoxy groups -OCH3 is 1. The lowest BCUT2D eigenvalue weighted by Gasteiger charge is -2.14. The molecule has 3 aromatic rings. The molecule has 0 fully saturated rings. The van der Waals surface area contributed by atoms with Crippen LogP contribution in [0.3, 0.4) is 0 Å². The Morgan fingerprint density at radius 2 is 1.96 bits per heavy atom. The van der Waals surface area contributed by atoms with Crippen LogP contribution < -0.4 is 9.83 Å². The average Bonchev–Trinajstić information content (AvgIpc) is 2.67. The molecule has 0 aliphatic heterocycles. The van der Waals surface area contributed by atoms with Gasteiger partial charge in [0.05, 0.1) is 18.7 Å². The van der Waals surface area contributed by atoms with Crippen LogP contribution in [-0.2, 0) is 14.8 Å². The Morgan fingerprint density at radius 3 is 2.78 bits per heavy atom. The summed E-state index contributed by atoms with van der Waals surface area (Å²) in [5, 5.41) is 12.8. The number of nitrogens with zero attached hydrogens (tertiary/aromatic N) is 2. The highest BCUT2D eigenvalue weighted by Gasteiger charge is 2.18. The molecular weight excluding hydrogens is 366 g/mol. The van der Waals surface area contributed by atoms with Crippen LogP contribution in [0.15, 0.2) is 70.7 Å². The third-order valence-corrected chi connectivity index (χ3v) is 5.21. The van der Waals surface area contributed by atoms with Gasteiger partial charge >= 0.3 is 0 Å². The Bertz CT molecular complexity index is 1080. The first-order valence-electron chi connectivity index (χ1n) is 8.18. The van der Waals surface area contributed by atoms with Crippen LogP contribution in [0.2, 0.25) is 0 Å². The fraction of sp³-hybridized carbons (Fsp3) is 0.158. The van der Waals surface area contributed by atoms with Gasteiger partial charge in [0, 0.05) is 24.4 Å². The molecule has 0 spiro atoms. The van der Waals surface area contributed by atoms with E-state index in [1.54, 1.807) is 48.7 Å². The molecule has 0 aliphatic rings. The summed E-state index contributed by atoms with van der Waals surface area (Å²) < 4.78 is 33.0. The summed E-state index contributed by atoms with van der Waals surface area (Å²) >= 11 is 0. The van der Waals surface area contributed by atoms with Gasteiger partial charge in [-0.2, -0.15) is 0 Å². The highest BCUT2D eigenvalue weighted by atomic mass is 32.2. The highest BCUT2D eigenvalue weighted by Crippen LogP contribution is 2.23. The summed E-state index contributed by atoms with van der Waals surface area (Å²) in [6, 6.07) is 14.7. The number of pyridine rings is 1. The van der Waals surface area contributed by atoms with Crippen LogP contribution in [0.1, 0.15) is 5.56 Å². The third kappa shape index (κ3) is 4.42. The zero-order valence-corrected chi connectivity index (χ0v) is 15.4. The number of aliphatic imine (C=N–C) groups is 1. The molecule has 140 valence electrons. The number of rotatable bonds is 7. The standard InChI is InChI=1S/C19H19N3O4S/c1-26-12-11-21-19(23)15-6-2-8-16(13-15)22-27(24,25)17-9-3-5-14-7-4-10-20-18(14)17/h2-10,13,22H,11-12H2,1H3,(H,21,23)/p-1. The van der Waals surface area contributed by atoms with Gasteiger partial charge in [-0.3, -0.25) is 14.7 Å². The first kappa shape index (κ1) is 18.8. The number of sulfonamides is 1. The van der Waals surface area contributed by atoms with Crippen LogP contribution in [-0.4, -0.2) is 39.6 Å². The normalized spacial score (nSPS) is 12.3. The molecule has 1 N–H and O–H groups in total. The Hall–Kier alpha value is -2.97. The first-order chi connectivity index (χ1) is 13.0. The zero-order valence-electron chi connectivity index (χ0n) is 14.6. The fourth-order valence-electron chi connectivity index (χ4n) is 2.55. The highest BCUT2D eigenvalue weighted by molar-refractivity contribution is 7.93. The van der Waals surface area contributed by atoms with Gasteiger partial charge in [0.2, 0.25) is 0 Å². The van der Waals surface area contributed by atoms with Crippen LogP contribution in [0.5, 0.6) is 0 Å². The van der Waals surface area contributed by atoms with Gasteiger partial charge < -0.3 is 9.84 Å². The van der Waals surface area contributed by atoms with E-state index in [2.05, 4.69) is 14.7 Å². The molecule has 27 heavy (non-hydrogen) atoms. The Kier molecular flexibility index (Phi) is 5.68. The van der Waals surface area contributed by atoms with E-state index < -0.39 is 15.9 Å². The molecular formula is C19H18N3O4S-. The zero-order chi connectivity index (χ0) is 19.3. The summed E-state index contributed by atoms with van der Waals surface area (Å²) in [5.41, 5.74) is 0.951. The van der Waals surface area contributed by atoms with Gasteiger partial charge in [0.1, 0.15) is 4.90 Å². The minimum atomic E-state index is -3.88. The SMILES string of the molecule is COCCN=C([O-])c1cccc(NS(=O)(=O)c2cccc3cccnc23)c1. The molecule has 0 aliphatic carbocycles. The number of hydrogen-bond acceptors (Lipinski definition) is 6. The van der Waals surface area contributed by atoms with E-state index in [9.17, 15) is 13.5 Å². The summed E-state index contributed by atoms with van der Waals surface area (Å²) in [6.07, 6.45) is 1.54. The van der Waals surface area contributed by atoms with E-state index in [4.69, 9.17) is 4.74 Å². The lowest BCUT2D eigenvalue weighted by Crippen LogP contribution is -2.20. The van der Waals surface area contributed by atoms with Gasteiger partial charge in [-0.05, 0) is 35.7 Å². The third-order valence-electron chi connectivity index (χ3n) is 3.80. The quantitative estimate of drug-likeness (QED) is 0.380. The van der Waals surface area contributed by atoms with Crippen LogP contribution in [0, 0.1) is 0 Å². The molecule has 0 unspecified atom stereocenters.